The number of hydrogen-bond acceptors (Lipinski definition) is 6. The summed E-state index contributed by atoms with van der Waals surface area (Å²) in [6, 6.07) is 4.05. The molecule has 0 bridgehead atoms. The molecular formula is C15H17N3OS2. The smallest absolute Gasteiger partial charge is 0.208 e. The Bertz CT molecular complexity index is 676. The predicted octanol–water partition coefficient (Wildman–Crippen LogP) is 4.27. The van der Waals surface area contributed by atoms with E-state index in [0.717, 1.165) is 22.1 Å². The molecule has 3 aromatic rings. The summed E-state index contributed by atoms with van der Waals surface area (Å²) in [5, 5.41) is 8.65. The number of rotatable bonds is 6. The zero-order valence-electron chi connectivity index (χ0n) is 12.0. The molecular weight excluding hydrogens is 302 g/mol. The molecule has 3 heterocycles. The van der Waals surface area contributed by atoms with E-state index in [4.69, 9.17) is 4.42 Å². The highest BCUT2D eigenvalue weighted by Gasteiger charge is 2.27. The first-order chi connectivity index (χ1) is 10.2. The summed E-state index contributed by atoms with van der Waals surface area (Å²) in [6.45, 7) is 4.91. The van der Waals surface area contributed by atoms with Crippen LogP contribution in [0.5, 0.6) is 0 Å². The predicted molar refractivity (Wildman–Crippen MR) is 86.4 cm³/mol. The van der Waals surface area contributed by atoms with Crippen molar-refractivity contribution in [2.45, 2.75) is 32.4 Å². The fraction of sp³-hybridized carbons (Fsp3) is 0.333. The highest BCUT2D eigenvalue weighted by molar-refractivity contribution is 7.13. The summed E-state index contributed by atoms with van der Waals surface area (Å²) in [4.78, 5) is 9.88. The van der Waals surface area contributed by atoms with Crippen molar-refractivity contribution in [1.29, 1.82) is 0 Å². The Morgan fingerprint density at radius 1 is 1.29 bits per heavy atom. The van der Waals surface area contributed by atoms with Gasteiger partial charge in [-0.2, -0.15) is 0 Å². The second-order valence-electron chi connectivity index (χ2n) is 4.97. The molecule has 0 amide bonds. The normalized spacial score (nSPS) is 14.2. The number of oxazole rings is 1. The number of thiophene rings is 1. The molecule has 0 saturated carbocycles. The van der Waals surface area contributed by atoms with Crippen LogP contribution in [0.15, 0.2) is 39.7 Å². The van der Waals surface area contributed by atoms with Crippen LogP contribution in [0.2, 0.25) is 0 Å². The molecule has 0 spiro atoms. The van der Waals surface area contributed by atoms with E-state index in [9.17, 15) is 0 Å². The maximum absolute atomic E-state index is 5.81. The summed E-state index contributed by atoms with van der Waals surface area (Å²) in [7, 11) is 0. The first-order valence-electron chi connectivity index (χ1n) is 6.85. The van der Waals surface area contributed by atoms with Crippen molar-refractivity contribution < 1.29 is 4.42 Å². The summed E-state index contributed by atoms with van der Waals surface area (Å²) < 4.78 is 5.81. The lowest BCUT2D eigenvalue weighted by Gasteiger charge is -2.26. The fourth-order valence-corrected chi connectivity index (χ4v) is 3.56. The zero-order valence-corrected chi connectivity index (χ0v) is 13.6. The Labute approximate surface area is 131 Å². The van der Waals surface area contributed by atoms with Crippen molar-refractivity contribution in [3.05, 3.63) is 46.2 Å². The van der Waals surface area contributed by atoms with Crippen LogP contribution >= 0.6 is 22.7 Å². The van der Waals surface area contributed by atoms with Gasteiger partial charge in [0.05, 0.1) is 23.2 Å². The van der Waals surface area contributed by atoms with E-state index in [0.29, 0.717) is 12.4 Å². The van der Waals surface area contributed by atoms with Gasteiger partial charge in [0, 0.05) is 11.6 Å². The van der Waals surface area contributed by atoms with Crippen LogP contribution in [0.4, 0.5) is 0 Å². The molecule has 6 heteroatoms. The average molecular weight is 319 g/mol. The maximum atomic E-state index is 5.81. The topological polar surface area (TPSA) is 51.0 Å². The maximum Gasteiger partial charge on any atom is 0.208 e. The third kappa shape index (κ3) is 3.07. The first kappa shape index (κ1) is 14.4. The monoisotopic (exact) mass is 319 g/mol. The van der Waals surface area contributed by atoms with Gasteiger partial charge in [-0.25, -0.2) is 9.97 Å². The molecule has 1 atom stereocenters. The Hall–Kier alpha value is -1.50. The van der Waals surface area contributed by atoms with Crippen LogP contribution in [0.1, 0.15) is 31.2 Å². The van der Waals surface area contributed by atoms with E-state index in [2.05, 4.69) is 29.1 Å². The minimum absolute atomic E-state index is 0.147. The molecule has 0 aromatic carbocycles. The SMILES string of the molecule is CCC(C)(NCc1ncc(-c2cccs2)o1)c1nccs1. The van der Waals surface area contributed by atoms with E-state index in [1.165, 1.54) is 0 Å². The van der Waals surface area contributed by atoms with Crippen LogP contribution in [0.3, 0.4) is 0 Å². The quantitative estimate of drug-likeness (QED) is 0.737. The lowest BCUT2D eigenvalue weighted by atomic mass is 10.00. The molecule has 3 rings (SSSR count). The van der Waals surface area contributed by atoms with Crippen molar-refractivity contribution in [1.82, 2.24) is 15.3 Å². The summed E-state index contributed by atoms with van der Waals surface area (Å²) >= 11 is 3.32. The Morgan fingerprint density at radius 2 is 2.19 bits per heavy atom. The van der Waals surface area contributed by atoms with Crippen LogP contribution in [-0.4, -0.2) is 9.97 Å². The van der Waals surface area contributed by atoms with Gasteiger partial charge in [-0.3, -0.25) is 5.32 Å². The third-order valence-corrected chi connectivity index (χ3v) is 5.48. The molecule has 4 nitrogen and oxygen atoms in total. The van der Waals surface area contributed by atoms with E-state index in [-0.39, 0.29) is 5.54 Å². The molecule has 21 heavy (non-hydrogen) atoms. The molecule has 3 aromatic heterocycles. The number of thiazole rings is 1. The van der Waals surface area contributed by atoms with Gasteiger partial charge in [-0.05, 0) is 24.8 Å². The molecule has 0 saturated heterocycles. The number of nitrogens with zero attached hydrogens (tertiary/aromatic N) is 2. The minimum atomic E-state index is -0.147. The molecule has 0 aliphatic rings. The van der Waals surface area contributed by atoms with Gasteiger partial charge < -0.3 is 4.42 Å². The van der Waals surface area contributed by atoms with E-state index in [1.807, 2.05) is 29.1 Å². The van der Waals surface area contributed by atoms with E-state index >= 15 is 0 Å². The van der Waals surface area contributed by atoms with Crippen LogP contribution in [0.25, 0.3) is 10.6 Å². The third-order valence-electron chi connectivity index (χ3n) is 3.56. The summed E-state index contributed by atoms with van der Waals surface area (Å²) in [5.74, 6) is 1.53. The van der Waals surface area contributed by atoms with Crippen LogP contribution in [0, 0.1) is 0 Å². The van der Waals surface area contributed by atoms with Gasteiger partial charge in [-0.1, -0.05) is 13.0 Å². The average Bonchev–Trinajstić information content (AvgIpc) is 3.26. The highest BCUT2D eigenvalue weighted by atomic mass is 32.1. The molecule has 0 radical (unpaired) electrons. The zero-order chi connectivity index (χ0) is 14.7. The lowest BCUT2D eigenvalue weighted by Crippen LogP contribution is -2.38. The van der Waals surface area contributed by atoms with Gasteiger partial charge in [0.1, 0.15) is 5.01 Å². The van der Waals surface area contributed by atoms with Crippen LogP contribution < -0.4 is 5.32 Å². The Kier molecular flexibility index (Phi) is 4.19. The molecule has 1 unspecified atom stereocenters. The number of nitrogens with one attached hydrogen (secondary N) is 1. The summed E-state index contributed by atoms with van der Waals surface area (Å²) in [5.41, 5.74) is -0.147. The summed E-state index contributed by atoms with van der Waals surface area (Å²) in [6.07, 6.45) is 4.59. The molecule has 0 aliphatic heterocycles. The van der Waals surface area contributed by atoms with Crippen molar-refractivity contribution in [3.8, 4) is 10.6 Å². The Balaban J connectivity index is 1.70. The molecule has 0 aliphatic carbocycles. The second-order valence-corrected chi connectivity index (χ2v) is 6.81. The number of hydrogen-bond donors (Lipinski definition) is 1. The first-order valence-corrected chi connectivity index (χ1v) is 8.61. The molecule has 0 fully saturated rings. The van der Waals surface area contributed by atoms with Crippen molar-refractivity contribution >= 4 is 22.7 Å². The second kappa shape index (κ2) is 6.09. The van der Waals surface area contributed by atoms with Gasteiger partial charge >= 0.3 is 0 Å². The van der Waals surface area contributed by atoms with Crippen molar-refractivity contribution in [3.63, 3.8) is 0 Å². The van der Waals surface area contributed by atoms with Crippen LogP contribution in [-0.2, 0) is 12.1 Å². The highest BCUT2D eigenvalue weighted by Crippen LogP contribution is 2.28. The van der Waals surface area contributed by atoms with Crippen molar-refractivity contribution in [2.24, 2.45) is 0 Å². The fourth-order valence-electron chi connectivity index (χ4n) is 2.04. The minimum Gasteiger partial charge on any atom is -0.438 e. The lowest BCUT2D eigenvalue weighted by molar-refractivity contribution is 0.327. The molecule has 1 N–H and O–H groups in total. The van der Waals surface area contributed by atoms with Crippen molar-refractivity contribution in [2.75, 3.05) is 0 Å². The Morgan fingerprint density at radius 3 is 2.86 bits per heavy atom. The van der Waals surface area contributed by atoms with Gasteiger partial charge in [-0.15, -0.1) is 22.7 Å². The van der Waals surface area contributed by atoms with Gasteiger partial charge in [0.25, 0.3) is 0 Å². The van der Waals surface area contributed by atoms with Gasteiger partial charge in [0.15, 0.2) is 5.76 Å². The molecule has 110 valence electrons. The largest absolute Gasteiger partial charge is 0.438 e. The standard InChI is InChI=1S/C15H17N3OS2/c1-3-15(2,14-16-6-8-21-14)18-10-13-17-9-11(19-13)12-5-4-7-20-12/h4-9,18H,3,10H2,1-2H3. The number of aromatic nitrogens is 2. The van der Waals surface area contributed by atoms with Gasteiger partial charge in [0.2, 0.25) is 5.89 Å². The van der Waals surface area contributed by atoms with E-state index in [1.54, 1.807) is 28.9 Å². The van der Waals surface area contributed by atoms with E-state index < -0.39 is 0 Å².